The third-order valence-corrected chi connectivity index (χ3v) is 3.52. The number of pyridine rings is 1. The van der Waals surface area contributed by atoms with Gasteiger partial charge < -0.3 is 15.2 Å². The summed E-state index contributed by atoms with van der Waals surface area (Å²) in [5.41, 5.74) is 2.29. The van der Waals surface area contributed by atoms with Crippen LogP contribution < -0.4 is 10.1 Å². The minimum Gasteiger partial charge on any atom is -0.494 e. The van der Waals surface area contributed by atoms with Crippen molar-refractivity contribution in [2.24, 2.45) is 0 Å². The Labute approximate surface area is 140 Å². The molecule has 0 bridgehead atoms. The molecule has 1 atom stereocenters. The van der Waals surface area contributed by atoms with Crippen LogP contribution in [-0.2, 0) is 0 Å². The fourth-order valence-electron chi connectivity index (χ4n) is 2.37. The van der Waals surface area contributed by atoms with Crippen LogP contribution in [0.4, 0.5) is 11.6 Å². The summed E-state index contributed by atoms with van der Waals surface area (Å²) in [5, 5.41) is 20.7. The Hall–Kier alpha value is -2.86. The fraction of sp³-hybridized carbons (Fsp3) is 0.222. The van der Waals surface area contributed by atoms with E-state index in [4.69, 9.17) is 4.74 Å². The molecule has 0 saturated heterocycles. The van der Waals surface area contributed by atoms with Crippen LogP contribution in [0.3, 0.4) is 0 Å². The molecule has 3 aromatic rings. The lowest BCUT2D eigenvalue weighted by atomic mass is 10.1. The lowest BCUT2D eigenvalue weighted by Crippen LogP contribution is -2.04. The number of benzene rings is 1. The lowest BCUT2D eigenvalue weighted by molar-refractivity contribution is 0.215. The first-order chi connectivity index (χ1) is 11.7. The summed E-state index contributed by atoms with van der Waals surface area (Å²) in [7, 11) is 0. The summed E-state index contributed by atoms with van der Waals surface area (Å²) in [6.45, 7) is 4.48. The maximum absolute atomic E-state index is 10.6. The zero-order valence-electron chi connectivity index (χ0n) is 13.7. The molecule has 1 aromatic carbocycles. The first-order valence-electron chi connectivity index (χ1n) is 7.82. The predicted molar refractivity (Wildman–Crippen MR) is 92.5 cm³/mol. The van der Waals surface area contributed by atoms with E-state index < -0.39 is 6.10 Å². The SMILES string of the molecule is CCOc1ccc(C(O)c2cccc(Nc3cc(C)[nH]n3)n2)cc1. The molecular weight excluding hydrogens is 304 g/mol. The molecule has 3 rings (SSSR count). The van der Waals surface area contributed by atoms with Gasteiger partial charge in [0.25, 0.3) is 0 Å². The van der Waals surface area contributed by atoms with E-state index in [0.29, 0.717) is 23.9 Å². The van der Waals surface area contributed by atoms with Crippen LogP contribution in [0.15, 0.2) is 48.5 Å². The van der Waals surface area contributed by atoms with Gasteiger partial charge in [0.15, 0.2) is 5.82 Å². The van der Waals surface area contributed by atoms with Crippen LogP contribution in [0.5, 0.6) is 5.75 Å². The average molecular weight is 324 g/mol. The number of aliphatic hydroxyl groups is 1. The molecule has 6 nitrogen and oxygen atoms in total. The summed E-state index contributed by atoms with van der Waals surface area (Å²) >= 11 is 0. The maximum atomic E-state index is 10.6. The third-order valence-electron chi connectivity index (χ3n) is 3.52. The van der Waals surface area contributed by atoms with Gasteiger partial charge >= 0.3 is 0 Å². The molecule has 1 unspecified atom stereocenters. The molecule has 0 spiro atoms. The second-order valence-corrected chi connectivity index (χ2v) is 5.41. The van der Waals surface area contributed by atoms with Gasteiger partial charge in [-0.1, -0.05) is 18.2 Å². The van der Waals surface area contributed by atoms with Crippen molar-refractivity contribution in [1.82, 2.24) is 15.2 Å². The number of hydrogen-bond acceptors (Lipinski definition) is 5. The van der Waals surface area contributed by atoms with Crippen molar-refractivity contribution < 1.29 is 9.84 Å². The standard InChI is InChI=1S/C18H20N4O2/c1-3-24-14-9-7-13(8-10-14)18(23)15-5-4-6-16(19-15)20-17-11-12(2)21-22-17/h4-11,18,23H,3H2,1-2H3,(H2,19,20,21,22). The molecule has 6 heteroatoms. The molecule has 124 valence electrons. The molecule has 0 saturated carbocycles. The Morgan fingerprint density at radius 3 is 2.62 bits per heavy atom. The number of H-pyrrole nitrogens is 1. The highest BCUT2D eigenvalue weighted by Crippen LogP contribution is 2.24. The largest absolute Gasteiger partial charge is 0.494 e. The van der Waals surface area contributed by atoms with Gasteiger partial charge in [0.05, 0.1) is 12.3 Å². The van der Waals surface area contributed by atoms with Gasteiger partial charge in [0.2, 0.25) is 0 Å². The van der Waals surface area contributed by atoms with E-state index in [-0.39, 0.29) is 0 Å². The van der Waals surface area contributed by atoms with Crippen molar-refractivity contribution in [3.63, 3.8) is 0 Å². The zero-order valence-corrected chi connectivity index (χ0v) is 13.7. The van der Waals surface area contributed by atoms with Crippen LogP contribution >= 0.6 is 0 Å². The monoisotopic (exact) mass is 324 g/mol. The molecule has 0 aliphatic carbocycles. The van der Waals surface area contributed by atoms with E-state index in [2.05, 4.69) is 20.5 Å². The Kier molecular flexibility index (Phi) is 4.77. The van der Waals surface area contributed by atoms with E-state index in [1.165, 1.54) is 0 Å². The highest BCUT2D eigenvalue weighted by atomic mass is 16.5. The molecule has 2 heterocycles. The fourth-order valence-corrected chi connectivity index (χ4v) is 2.37. The minimum atomic E-state index is -0.802. The van der Waals surface area contributed by atoms with Gasteiger partial charge in [-0.25, -0.2) is 4.98 Å². The van der Waals surface area contributed by atoms with Crippen LogP contribution in [0.2, 0.25) is 0 Å². The molecule has 0 aliphatic rings. The lowest BCUT2D eigenvalue weighted by Gasteiger charge is -2.13. The second kappa shape index (κ2) is 7.14. The third kappa shape index (κ3) is 3.72. The summed E-state index contributed by atoms with van der Waals surface area (Å²) in [6.07, 6.45) is -0.802. The molecule has 0 radical (unpaired) electrons. The molecule has 0 fully saturated rings. The van der Waals surface area contributed by atoms with Gasteiger partial charge in [0, 0.05) is 11.8 Å². The summed E-state index contributed by atoms with van der Waals surface area (Å²) in [5.74, 6) is 2.10. The highest BCUT2D eigenvalue weighted by molar-refractivity contribution is 5.52. The Bertz CT molecular complexity index is 799. The smallest absolute Gasteiger partial charge is 0.153 e. The van der Waals surface area contributed by atoms with Crippen molar-refractivity contribution in [2.75, 3.05) is 11.9 Å². The molecule has 0 aliphatic heterocycles. The number of aromatic amines is 1. The maximum Gasteiger partial charge on any atom is 0.153 e. The first-order valence-corrected chi connectivity index (χ1v) is 7.82. The van der Waals surface area contributed by atoms with Crippen LogP contribution in [0.25, 0.3) is 0 Å². The van der Waals surface area contributed by atoms with Gasteiger partial charge in [-0.05, 0) is 43.7 Å². The van der Waals surface area contributed by atoms with E-state index in [1.807, 2.05) is 56.3 Å². The summed E-state index contributed by atoms with van der Waals surface area (Å²) in [6, 6.07) is 14.7. The van der Waals surface area contributed by atoms with E-state index in [0.717, 1.165) is 17.0 Å². The zero-order chi connectivity index (χ0) is 16.9. The van der Waals surface area contributed by atoms with Crippen LogP contribution in [0.1, 0.15) is 30.0 Å². The van der Waals surface area contributed by atoms with Crippen LogP contribution in [-0.4, -0.2) is 26.9 Å². The number of ether oxygens (including phenoxy) is 1. The molecule has 2 aromatic heterocycles. The number of aliphatic hydroxyl groups excluding tert-OH is 1. The number of nitrogens with one attached hydrogen (secondary N) is 2. The average Bonchev–Trinajstić information content (AvgIpc) is 3.00. The number of aromatic nitrogens is 3. The topological polar surface area (TPSA) is 83.1 Å². The van der Waals surface area contributed by atoms with Crippen molar-refractivity contribution in [3.05, 3.63) is 65.5 Å². The Balaban J connectivity index is 1.77. The summed E-state index contributed by atoms with van der Waals surface area (Å²) in [4.78, 5) is 4.47. The number of nitrogens with zero attached hydrogens (tertiary/aromatic N) is 2. The van der Waals surface area contributed by atoms with Crippen molar-refractivity contribution in [1.29, 1.82) is 0 Å². The van der Waals surface area contributed by atoms with E-state index >= 15 is 0 Å². The van der Waals surface area contributed by atoms with E-state index in [9.17, 15) is 5.11 Å². The van der Waals surface area contributed by atoms with Crippen molar-refractivity contribution in [2.45, 2.75) is 20.0 Å². The number of anilines is 2. The molecule has 0 amide bonds. The number of rotatable bonds is 6. The first kappa shape index (κ1) is 16.0. The number of aryl methyl sites for hydroxylation is 1. The normalized spacial score (nSPS) is 12.0. The molecule has 24 heavy (non-hydrogen) atoms. The highest BCUT2D eigenvalue weighted by Gasteiger charge is 2.13. The Morgan fingerprint density at radius 1 is 1.17 bits per heavy atom. The quantitative estimate of drug-likeness (QED) is 0.648. The Morgan fingerprint density at radius 2 is 1.96 bits per heavy atom. The molecule has 3 N–H and O–H groups in total. The number of hydrogen-bond donors (Lipinski definition) is 3. The van der Waals surface area contributed by atoms with E-state index in [1.54, 1.807) is 6.07 Å². The molecular formula is C18H20N4O2. The van der Waals surface area contributed by atoms with Crippen molar-refractivity contribution in [3.8, 4) is 5.75 Å². The van der Waals surface area contributed by atoms with Crippen LogP contribution in [0, 0.1) is 6.92 Å². The van der Waals surface area contributed by atoms with Crippen molar-refractivity contribution >= 4 is 11.6 Å². The van der Waals surface area contributed by atoms with Gasteiger partial charge in [0.1, 0.15) is 17.7 Å². The minimum absolute atomic E-state index is 0.566. The summed E-state index contributed by atoms with van der Waals surface area (Å²) < 4.78 is 5.42. The second-order valence-electron chi connectivity index (χ2n) is 5.41. The predicted octanol–water partition coefficient (Wildman–Crippen LogP) is 3.34. The van der Waals surface area contributed by atoms with Gasteiger partial charge in [-0.2, -0.15) is 5.10 Å². The van der Waals surface area contributed by atoms with Gasteiger partial charge in [-0.3, -0.25) is 5.10 Å². The van der Waals surface area contributed by atoms with Gasteiger partial charge in [-0.15, -0.1) is 0 Å².